The third kappa shape index (κ3) is 2.46. The quantitative estimate of drug-likeness (QED) is 0.691. The predicted molar refractivity (Wildman–Crippen MR) is 86.1 cm³/mol. The summed E-state index contributed by atoms with van der Waals surface area (Å²) in [6.07, 6.45) is 2.76. The Balaban J connectivity index is 2.18. The van der Waals surface area contributed by atoms with Crippen LogP contribution in [0.1, 0.15) is 40.6 Å². The van der Waals surface area contributed by atoms with Crippen LogP contribution in [0.15, 0.2) is 6.20 Å². The van der Waals surface area contributed by atoms with Gasteiger partial charge >= 0.3 is 0 Å². The fraction of sp³-hybridized carbons (Fsp3) is 0.500. The topological polar surface area (TPSA) is 48.5 Å². The van der Waals surface area contributed by atoms with E-state index in [0.29, 0.717) is 6.54 Å². The first-order valence-corrected chi connectivity index (χ1v) is 8.24. The Labute approximate surface area is 132 Å². The number of aromatic nitrogens is 5. The van der Waals surface area contributed by atoms with Crippen LogP contribution in [0.2, 0.25) is 0 Å². The SMILES string of the molecule is CCc1nn(C)c2c1nc(C(C)Cl)n2Cc1ncc(C)s1. The maximum atomic E-state index is 6.33. The van der Waals surface area contributed by atoms with Crippen molar-refractivity contribution >= 4 is 34.1 Å². The fourth-order valence-electron chi connectivity index (χ4n) is 2.57. The number of hydrogen-bond donors (Lipinski definition) is 0. The summed E-state index contributed by atoms with van der Waals surface area (Å²) < 4.78 is 4.03. The number of rotatable bonds is 4. The van der Waals surface area contributed by atoms with Gasteiger partial charge in [-0.15, -0.1) is 22.9 Å². The van der Waals surface area contributed by atoms with Crippen molar-refractivity contribution in [2.75, 3.05) is 0 Å². The van der Waals surface area contributed by atoms with E-state index in [1.165, 1.54) is 4.88 Å². The number of imidazole rings is 1. The predicted octanol–water partition coefficient (Wildman–Crippen LogP) is 3.45. The molecule has 0 N–H and O–H groups in total. The Bertz CT molecular complexity index is 783. The molecule has 0 aliphatic rings. The summed E-state index contributed by atoms with van der Waals surface area (Å²) in [5, 5.41) is 5.46. The van der Waals surface area contributed by atoms with Crippen LogP contribution in [0.4, 0.5) is 0 Å². The molecule has 5 nitrogen and oxygen atoms in total. The summed E-state index contributed by atoms with van der Waals surface area (Å²) in [6.45, 7) is 6.79. The molecule has 0 spiro atoms. The third-order valence-corrected chi connectivity index (χ3v) is 4.57. The fourth-order valence-corrected chi connectivity index (χ4v) is 3.51. The lowest BCUT2D eigenvalue weighted by molar-refractivity contribution is 0.681. The summed E-state index contributed by atoms with van der Waals surface area (Å²) >= 11 is 8.03. The van der Waals surface area contributed by atoms with E-state index in [4.69, 9.17) is 16.6 Å². The molecule has 0 aliphatic carbocycles. The first-order chi connectivity index (χ1) is 10.0. The van der Waals surface area contributed by atoms with Gasteiger partial charge in [-0.25, -0.2) is 9.97 Å². The number of thiazole rings is 1. The third-order valence-electron chi connectivity index (χ3n) is 3.47. The minimum absolute atomic E-state index is 0.150. The summed E-state index contributed by atoms with van der Waals surface area (Å²) in [6, 6.07) is 0. The smallest absolute Gasteiger partial charge is 0.159 e. The lowest BCUT2D eigenvalue weighted by atomic mass is 10.3. The second-order valence-corrected chi connectivity index (χ2v) is 7.11. The van der Waals surface area contributed by atoms with E-state index in [1.807, 2.05) is 24.9 Å². The highest BCUT2D eigenvalue weighted by atomic mass is 35.5. The Morgan fingerprint density at radius 3 is 2.76 bits per heavy atom. The number of halogens is 1. The Hall–Kier alpha value is -1.40. The maximum Gasteiger partial charge on any atom is 0.159 e. The van der Waals surface area contributed by atoms with Gasteiger partial charge < -0.3 is 4.57 Å². The first-order valence-electron chi connectivity index (χ1n) is 6.98. The lowest BCUT2D eigenvalue weighted by Crippen LogP contribution is -2.09. The molecule has 0 aliphatic heterocycles. The van der Waals surface area contributed by atoms with Crippen LogP contribution in [0.3, 0.4) is 0 Å². The van der Waals surface area contributed by atoms with E-state index in [0.717, 1.165) is 34.1 Å². The van der Waals surface area contributed by atoms with Crippen LogP contribution in [0.5, 0.6) is 0 Å². The number of nitrogens with zero attached hydrogens (tertiary/aromatic N) is 5. The van der Waals surface area contributed by atoms with Gasteiger partial charge in [-0.3, -0.25) is 4.68 Å². The Morgan fingerprint density at radius 2 is 2.19 bits per heavy atom. The highest BCUT2D eigenvalue weighted by molar-refractivity contribution is 7.11. The molecule has 3 aromatic rings. The zero-order valence-electron chi connectivity index (χ0n) is 12.6. The lowest BCUT2D eigenvalue weighted by Gasteiger charge is -2.09. The van der Waals surface area contributed by atoms with Gasteiger partial charge in [-0.05, 0) is 20.3 Å². The van der Waals surface area contributed by atoms with Crippen molar-refractivity contribution in [3.63, 3.8) is 0 Å². The van der Waals surface area contributed by atoms with Gasteiger partial charge in [0.25, 0.3) is 0 Å². The highest BCUT2D eigenvalue weighted by Gasteiger charge is 2.21. The number of fused-ring (bicyclic) bond motifs is 1. The molecule has 0 radical (unpaired) electrons. The van der Waals surface area contributed by atoms with Gasteiger partial charge in [0.15, 0.2) is 5.65 Å². The molecule has 0 saturated heterocycles. The maximum absolute atomic E-state index is 6.33. The monoisotopic (exact) mass is 323 g/mol. The molecular formula is C14H18ClN5S. The van der Waals surface area contributed by atoms with Crippen LogP contribution in [0, 0.1) is 6.92 Å². The molecule has 1 atom stereocenters. The van der Waals surface area contributed by atoms with Crippen molar-refractivity contribution < 1.29 is 0 Å². The summed E-state index contributed by atoms with van der Waals surface area (Å²) in [5.74, 6) is 0.877. The highest BCUT2D eigenvalue weighted by Crippen LogP contribution is 2.28. The molecule has 3 rings (SSSR count). The molecule has 0 amide bonds. The second-order valence-electron chi connectivity index (χ2n) is 5.13. The standard InChI is InChI=1S/C14H18ClN5S/c1-5-10-12-14(19(4)18-10)20(13(17-12)9(3)15)7-11-16-6-8(2)21-11/h6,9H,5,7H2,1-4H3. The van der Waals surface area contributed by atoms with Crippen LogP contribution in [0.25, 0.3) is 11.2 Å². The molecule has 0 fully saturated rings. The van der Waals surface area contributed by atoms with Crippen LogP contribution in [-0.2, 0) is 20.0 Å². The van der Waals surface area contributed by atoms with Gasteiger partial charge in [-0.2, -0.15) is 5.10 Å². The normalized spacial score (nSPS) is 13.2. The average molecular weight is 324 g/mol. The van der Waals surface area contributed by atoms with Crippen molar-refractivity contribution in [2.45, 2.75) is 39.1 Å². The van der Waals surface area contributed by atoms with E-state index < -0.39 is 0 Å². The van der Waals surface area contributed by atoms with Gasteiger partial charge in [0, 0.05) is 18.1 Å². The molecule has 3 heterocycles. The minimum atomic E-state index is -0.150. The van der Waals surface area contributed by atoms with E-state index in [2.05, 4.69) is 28.5 Å². The molecule has 112 valence electrons. The molecule has 0 bridgehead atoms. The van der Waals surface area contributed by atoms with Gasteiger partial charge in [0.05, 0.1) is 17.6 Å². The van der Waals surface area contributed by atoms with Crippen LogP contribution in [-0.4, -0.2) is 24.3 Å². The van der Waals surface area contributed by atoms with Crippen LogP contribution < -0.4 is 0 Å². The molecule has 21 heavy (non-hydrogen) atoms. The van der Waals surface area contributed by atoms with Crippen molar-refractivity contribution in [2.24, 2.45) is 7.05 Å². The van der Waals surface area contributed by atoms with E-state index in [-0.39, 0.29) is 5.38 Å². The van der Waals surface area contributed by atoms with Crippen molar-refractivity contribution in [1.29, 1.82) is 0 Å². The second kappa shape index (κ2) is 5.42. The zero-order chi connectivity index (χ0) is 15.1. The number of hydrogen-bond acceptors (Lipinski definition) is 4. The van der Waals surface area contributed by atoms with Gasteiger partial charge in [0.2, 0.25) is 0 Å². The summed E-state index contributed by atoms with van der Waals surface area (Å²) in [4.78, 5) is 10.4. The van der Waals surface area contributed by atoms with Gasteiger partial charge in [0.1, 0.15) is 16.3 Å². The van der Waals surface area contributed by atoms with E-state index in [1.54, 1.807) is 11.3 Å². The molecule has 0 saturated carbocycles. The van der Waals surface area contributed by atoms with E-state index in [9.17, 15) is 0 Å². The molecule has 3 aromatic heterocycles. The summed E-state index contributed by atoms with van der Waals surface area (Å²) in [5.41, 5.74) is 2.98. The Kier molecular flexibility index (Phi) is 3.75. The van der Waals surface area contributed by atoms with Crippen molar-refractivity contribution in [1.82, 2.24) is 24.3 Å². The minimum Gasteiger partial charge on any atom is -0.305 e. The molecule has 1 unspecified atom stereocenters. The zero-order valence-corrected chi connectivity index (χ0v) is 14.2. The Morgan fingerprint density at radius 1 is 1.43 bits per heavy atom. The first kappa shape index (κ1) is 14.5. The van der Waals surface area contributed by atoms with Crippen LogP contribution >= 0.6 is 22.9 Å². The largest absolute Gasteiger partial charge is 0.305 e. The van der Waals surface area contributed by atoms with Gasteiger partial charge in [-0.1, -0.05) is 6.92 Å². The molecular weight excluding hydrogens is 306 g/mol. The molecule has 0 aromatic carbocycles. The van der Waals surface area contributed by atoms with E-state index >= 15 is 0 Å². The van der Waals surface area contributed by atoms with Crippen molar-refractivity contribution in [3.05, 3.63) is 27.6 Å². The number of aryl methyl sites for hydroxylation is 3. The van der Waals surface area contributed by atoms with Crippen molar-refractivity contribution in [3.8, 4) is 0 Å². The average Bonchev–Trinajstić information content (AvgIpc) is 3.07. The summed E-state index contributed by atoms with van der Waals surface area (Å²) in [7, 11) is 1.95. The number of alkyl halides is 1. The molecule has 7 heteroatoms.